The number of ether oxygens (including phenoxy) is 1. The standard InChI is InChI=1S/C19H18N2O5/c1-3-10-20-18(23)16(21-19(24)17-5-4-11-25-17)12-14-6-8-15(9-7-14)26-13(2)22/h3-9,11-12H,1,10H2,2H3,(H,20,23)(H,21,24). The van der Waals surface area contributed by atoms with Crippen LogP contribution in [0.1, 0.15) is 23.0 Å². The molecule has 7 heteroatoms. The molecule has 0 unspecified atom stereocenters. The minimum Gasteiger partial charge on any atom is -0.459 e. The summed E-state index contributed by atoms with van der Waals surface area (Å²) in [4.78, 5) is 35.4. The fourth-order valence-electron chi connectivity index (χ4n) is 1.97. The maximum absolute atomic E-state index is 12.3. The molecule has 0 spiro atoms. The summed E-state index contributed by atoms with van der Waals surface area (Å²) in [5.41, 5.74) is 0.665. The maximum Gasteiger partial charge on any atom is 0.308 e. The summed E-state index contributed by atoms with van der Waals surface area (Å²) < 4.78 is 9.98. The van der Waals surface area contributed by atoms with Gasteiger partial charge in [0, 0.05) is 13.5 Å². The number of benzene rings is 1. The Labute approximate surface area is 150 Å². The quantitative estimate of drug-likeness (QED) is 0.344. The molecule has 2 rings (SSSR count). The largest absolute Gasteiger partial charge is 0.459 e. The summed E-state index contributed by atoms with van der Waals surface area (Å²) in [7, 11) is 0. The summed E-state index contributed by atoms with van der Waals surface area (Å²) >= 11 is 0. The molecule has 2 N–H and O–H groups in total. The monoisotopic (exact) mass is 354 g/mol. The lowest BCUT2D eigenvalue weighted by Crippen LogP contribution is -2.34. The highest BCUT2D eigenvalue weighted by Gasteiger charge is 2.15. The molecule has 0 radical (unpaired) electrons. The fraction of sp³-hybridized carbons (Fsp3) is 0.105. The van der Waals surface area contributed by atoms with E-state index in [1.54, 1.807) is 30.3 Å². The van der Waals surface area contributed by atoms with E-state index in [0.29, 0.717) is 11.3 Å². The number of carbonyl (C=O) groups is 3. The van der Waals surface area contributed by atoms with Gasteiger partial charge in [0.25, 0.3) is 11.8 Å². The first-order chi connectivity index (χ1) is 12.5. The molecule has 0 aliphatic heterocycles. The average Bonchev–Trinajstić information content (AvgIpc) is 3.15. The summed E-state index contributed by atoms with van der Waals surface area (Å²) in [5, 5.41) is 5.12. The first kappa shape index (κ1) is 18.7. The number of carbonyl (C=O) groups excluding carboxylic acids is 3. The fourth-order valence-corrected chi connectivity index (χ4v) is 1.97. The van der Waals surface area contributed by atoms with Gasteiger partial charge in [0.15, 0.2) is 5.76 Å². The lowest BCUT2D eigenvalue weighted by Gasteiger charge is -2.09. The molecule has 134 valence electrons. The molecular weight excluding hydrogens is 336 g/mol. The summed E-state index contributed by atoms with van der Waals surface area (Å²) in [5.74, 6) is -0.992. The van der Waals surface area contributed by atoms with Crippen molar-refractivity contribution in [2.75, 3.05) is 6.54 Å². The van der Waals surface area contributed by atoms with Gasteiger partial charge in [0.05, 0.1) is 6.26 Å². The molecule has 0 aliphatic carbocycles. The van der Waals surface area contributed by atoms with Crippen molar-refractivity contribution in [2.45, 2.75) is 6.92 Å². The van der Waals surface area contributed by atoms with Crippen LogP contribution in [-0.2, 0) is 9.59 Å². The zero-order valence-electron chi connectivity index (χ0n) is 14.2. The predicted octanol–water partition coefficient (Wildman–Crippen LogP) is 2.28. The molecule has 0 atom stereocenters. The third-order valence-electron chi connectivity index (χ3n) is 3.10. The normalized spacial score (nSPS) is 10.7. The zero-order chi connectivity index (χ0) is 18.9. The molecule has 0 saturated carbocycles. The van der Waals surface area contributed by atoms with Crippen molar-refractivity contribution in [3.8, 4) is 5.75 Å². The number of amides is 2. The van der Waals surface area contributed by atoms with E-state index in [0.717, 1.165) is 0 Å². The Kier molecular flexibility index (Phi) is 6.50. The second kappa shape index (κ2) is 9.03. The molecule has 7 nitrogen and oxygen atoms in total. The van der Waals surface area contributed by atoms with E-state index < -0.39 is 17.8 Å². The van der Waals surface area contributed by atoms with Crippen molar-refractivity contribution in [3.05, 3.63) is 72.3 Å². The van der Waals surface area contributed by atoms with Crippen LogP contribution in [0, 0.1) is 0 Å². The number of nitrogens with one attached hydrogen (secondary N) is 2. The van der Waals surface area contributed by atoms with E-state index in [4.69, 9.17) is 9.15 Å². The Bertz CT molecular complexity index is 820. The molecule has 0 bridgehead atoms. The highest BCUT2D eigenvalue weighted by molar-refractivity contribution is 6.04. The summed E-state index contributed by atoms with van der Waals surface area (Å²) in [6.07, 6.45) is 4.39. The van der Waals surface area contributed by atoms with Crippen LogP contribution in [0.3, 0.4) is 0 Å². The van der Waals surface area contributed by atoms with Gasteiger partial charge in [-0.2, -0.15) is 0 Å². The molecule has 1 aromatic heterocycles. The zero-order valence-corrected chi connectivity index (χ0v) is 14.2. The minimum absolute atomic E-state index is 0.0356. The second-order valence-corrected chi connectivity index (χ2v) is 5.15. The topological polar surface area (TPSA) is 97.6 Å². The third-order valence-corrected chi connectivity index (χ3v) is 3.10. The Hall–Kier alpha value is -3.61. The van der Waals surface area contributed by atoms with Gasteiger partial charge in [-0.3, -0.25) is 14.4 Å². The molecule has 1 heterocycles. The summed E-state index contributed by atoms with van der Waals surface area (Å²) in [6.45, 7) is 5.09. The molecule has 0 saturated heterocycles. The second-order valence-electron chi connectivity index (χ2n) is 5.15. The Morgan fingerprint density at radius 1 is 1.19 bits per heavy atom. The van der Waals surface area contributed by atoms with Gasteiger partial charge in [0.1, 0.15) is 11.4 Å². The van der Waals surface area contributed by atoms with Crippen LogP contribution in [0.15, 0.2) is 65.4 Å². The molecule has 26 heavy (non-hydrogen) atoms. The number of esters is 1. The molecule has 2 aromatic rings. The van der Waals surface area contributed by atoms with Gasteiger partial charge in [-0.05, 0) is 35.9 Å². The molecule has 2 amide bonds. The van der Waals surface area contributed by atoms with Crippen LogP contribution in [0.5, 0.6) is 5.75 Å². The van der Waals surface area contributed by atoms with Gasteiger partial charge < -0.3 is 19.8 Å². The lowest BCUT2D eigenvalue weighted by atomic mass is 10.1. The first-order valence-electron chi connectivity index (χ1n) is 7.73. The van der Waals surface area contributed by atoms with Crippen molar-refractivity contribution in [1.29, 1.82) is 0 Å². The summed E-state index contributed by atoms with van der Waals surface area (Å²) in [6, 6.07) is 9.53. The van der Waals surface area contributed by atoms with Crippen LogP contribution in [0.25, 0.3) is 6.08 Å². The van der Waals surface area contributed by atoms with Gasteiger partial charge >= 0.3 is 5.97 Å². The Morgan fingerprint density at radius 3 is 2.50 bits per heavy atom. The molecule has 1 aromatic carbocycles. The minimum atomic E-state index is -0.550. The Balaban J connectivity index is 2.22. The van der Waals surface area contributed by atoms with E-state index in [2.05, 4.69) is 17.2 Å². The van der Waals surface area contributed by atoms with Crippen LogP contribution >= 0.6 is 0 Å². The van der Waals surface area contributed by atoms with E-state index in [1.165, 1.54) is 31.4 Å². The lowest BCUT2D eigenvalue weighted by molar-refractivity contribution is -0.131. The van der Waals surface area contributed by atoms with Crippen molar-refractivity contribution in [1.82, 2.24) is 10.6 Å². The van der Waals surface area contributed by atoms with Crippen LogP contribution in [0.4, 0.5) is 0 Å². The highest BCUT2D eigenvalue weighted by Crippen LogP contribution is 2.15. The predicted molar refractivity (Wildman–Crippen MR) is 95.1 cm³/mol. The van der Waals surface area contributed by atoms with E-state index in [-0.39, 0.29) is 18.0 Å². The van der Waals surface area contributed by atoms with E-state index in [9.17, 15) is 14.4 Å². The first-order valence-corrected chi connectivity index (χ1v) is 7.73. The smallest absolute Gasteiger partial charge is 0.308 e. The van der Waals surface area contributed by atoms with Crippen molar-refractivity contribution < 1.29 is 23.5 Å². The van der Waals surface area contributed by atoms with Gasteiger partial charge in [-0.1, -0.05) is 18.2 Å². The molecular formula is C19H18N2O5. The van der Waals surface area contributed by atoms with Crippen molar-refractivity contribution in [3.63, 3.8) is 0 Å². The van der Waals surface area contributed by atoms with Gasteiger partial charge in [-0.15, -0.1) is 6.58 Å². The third kappa shape index (κ3) is 5.48. The SMILES string of the molecule is C=CCNC(=O)C(=Cc1ccc(OC(C)=O)cc1)NC(=O)c1ccco1. The number of furan rings is 1. The number of hydrogen-bond donors (Lipinski definition) is 2. The molecule has 0 aliphatic rings. The van der Waals surface area contributed by atoms with Crippen molar-refractivity contribution >= 4 is 23.9 Å². The highest BCUT2D eigenvalue weighted by atomic mass is 16.5. The molecule has 0 fully saturated rings. The van der Waals surface area contributed by atoms with Crippen LogP contribution < -0.4 is 15.4 Å². The van der Waals surface area contributed by atoms with Crippen LogP contribution in [0.2, 0.25) is 0 Å². The average molecular weight is 354 g/mol. The van der Waals surface area contributed by atoms with Crippen molar-refractivity contribution in [2.24, 2.45) is 0 Å². The van der Waals surface area contributed by atoms with E-state index in [1.807, 2.05) is 0 Å². The number of rotatable bonds is 7. The van der Waals surface area contributed by atoms with Gasteiger partial charge in [0.2, 0.25) is 0 Å². The van der Waals surface area contributed by atoms with Gasteiger partial charge in [-0.25, -0.2) is 0 Å². The maximum atomic E-state index is 12.3. The van der Waals surface area contributed by atoms with Crippen LogP contribution in [-0.4, -0.2) is 24.3 Å². The van der Waals surface area contributed by atoms with E-state index >= 15 is 0 Å². The Morgan fingerprint density at radius 2 is 1.92 bits per heavy atom. The number of hydrogen-bond acceptors (Lipinski definition) is 5.